The zero-order valence-electron chi connectivity index (χ0n) is 16.4. The summed E-state index contributed by atoms with van der Waals surface area (Å²) in [7, 11) is 1.51. The molecule has 0 saturated carbocycles. The smallest absolute Gasteiger partial charge is 0.269 e. The Morgan fingerprint density at radius 2 is 2.07 bits per heavy atom. The van der Waals surface area contributed by atoms with Crippen LogP contribution in [0.5, 0.6) is 5.75 Å². The van der Waals surface area contributed by atoms with Crippen LogP contribution in [0.25, 0.3) is 6.08 Å². The summed E-state index contributed by atoms with van der Waals surface area (Å²) < 4.78 is 5.30. The van der Waals surface area contributed by atoms with Crippen molar-refractivity contribution in [2.45, 2.75) is 31.7 Å². The predicted octanol–water partition coefficient (Wildman–Crippen LogP) is 4.96. The van der Waals surface area contributed by atoms with Gasteiger partial charge in [0.2, 0.25) is 0 Å². The van der Waals surface area contributed by atoms with E-state index in [2.05, 4.69) is 29.7 Å². The Morgan fingerprint density at radius 1 is 1.31 bits per heavy atom. The number of nitrogens with one attached hydrogen (secondary N) is 1. The summed E-state index contributed by atoms with van der Waals surface area (Å²) in [4.78, 5) is 12.8. The highest BCUT2D eigenvalue weighted by Crippen LogP contribution is 2.29. The molecule has 1 fully saturated rings. The van der Waals surface area contributed by atoms with Crippen molar-refractivity contribution in [3.8, 4) is 5.75 Å². The normalized spacial score (nSPS) is 17.0. The number of amides is 1. The predicted molar refractivity (Wildman–Crippen MR) is 122 cm³/mol. The number of ether oxygens (including phenoxy) is 1. The number of hydrazine groups is 1. The van der Waals surface area contributed by atoms with Crippen molar-refractivity contribution < 1.29 is 9.53 Å². The summed E-state index contributed by atoms with van der Waals surface area (Å²) in [5, 5.41) is 2.37. The monoisotopic (exact) mass is 435 g/mol. The number of rotatable bonds is 6. The molecule has 156 valence electrons. The van der Waals surface area contributed by atoms with Crippen LogP contribution in [0, 0.1) is 0 Å². The van der Waals surface area contributed by atoms with Gasteiger partial charge in [0.1, 0.15) is 5.75 Å². The molecule has 1 aliphatic rings. The standard InChI is InChI=1S/C22H26ClN3O2.ClH/c1-28-21-15-20(24)19(23)14-18(21)22(27)25-26-13-6-5-11-17(26)12-7-10-16-8-3-2-4-9-16;/h2-4,7-10,14-15,17H,5-6,11-13,24H2,1H3,(H,25,27);1H/b10-7+;. The first kappa shape index (κ1) is 23.1. The molecule has 0 radical (unpaired) electrons. The van der Waals surface area contributed by atoms with Crippen LogP contribution < -0.4 is 15.9 Å². The minimum absolute atomic E-state index is 0. The van der Waals surface area contributed by atoms with Gasteiger partial charge in [-0.3, -0.25) is 10.2 Å². The molecule has 1 atom stereocenters. The third-order valence-corrected chi connectivity index (χ3v) is 5.28. The number of methoxy groups -OCH3 is 1. The maximum Gasteiger partial charge on any atom is 0.269 e. The first-order valence-corrected chi connectivity index (χ1v) is 9.88. The van der Waals surface area contributed by atoms with Crippen molar-refractivity contribution >= 4 is 41.7 Å². The SMILES string of the molecule is COc1cc(N)c(Cl)cc1C(=O)NN1CCCCC1C/C=C/c1ccccc1.Cl. The minimum Gasteiger partial charge on any atom is -0.496 e. The van der Waals surface area contributed by atoms with Gasteiger partial charge in [-0.2, -0.15) is 0 Å². The Kier molecular flexibility index (Phi) is 8.83. The van der Waals surface area contributed by atoms with Gasteiger partial charge in [0, 0.05) is 18.7 Å². The lowest BCUT2D eigenvalue weighted by Crippen LogP contribution is -2.50. The van der Waals surface area contributed by atoms with E-state index in [1.807, 2.05) is 23.2 Å². The van der Waals surface area contributed by atoms with Crippen molar-refractivity contribution in [1.29, 1.82) is 0 Å². The number of benzene rings is 2. The Balaban J connectivity index is 0.00000300. The Bertz CT molecular complexity index is 843. The van der Waals surface area contributed by atoms with Crippen molar-refractivity contribution in [1.82, 2.24) is 10.4 Å². The average Bonchev–Trinajstić information content (AvgIpc) is 2.71. The lowest BCUT2D eigenvalue weighted by atomic mass is 10.0. The highest BCUT2D eigenvalue weighted by Gasteiger charge is 2.25. The molecule has 1 amide bonds. The van der Waals surface area contributed by atoms with Gasteiger partial charge >= 0.3 is 0 Å². The summed E-state index contributed by atoms with van der Waals surface area (Å²) in [6.45, 7) is 0.820. The van der Waals surface area contributed by atoms with Crippen LogP contribution in [0.2, 0.25) is 5.02 Å². The maximum atomic E-state index is 12.8. The van der Waals surface area contributed by atoms with Gasteiger partial charge < -0.3 is 10.5 Å². The molecule has 5 nitrogen and oxygen atoms in total. The lowest BCUT2D eigenvalue weighted by molar-refractivity contribution is 0.0577. The second-order valence-electron chi connectivity index (χ2n) is 6.91. The first-order chi connectivity index (χ1) is 13.6. The van der Waals surface area contributed by atoms with Crippen LogP contribution in [-0.2, 0) is 0 Å². The maximum absolute atomic E-state index is 12.8. The second kappa shape index (κ2) is 11.1. The van der Waals surface area contributed by atoms with Crippen LogP contribution >= 0.6 is 24.0 Å². The fourth-order valence-corrected chi connectivity index (χ4v) is 3.59. The summed E-state index contributed by atoms with van der Waals surface area (Å²) in [6.07, 6.45) is 8.42. The summed E-state index contributed by atoms with van der Waals surface area (Å²) in [5.41, 5.74) is 10.8. The Hall–Kier alpha value is -2.21. The van der Waals surface area contributed by atoms with E-state index in [9.17, 15) is 4.79 Å². The Morgan fingerprint density at radius 3 is 2.79 bits per heavy atom. The van der Waals surface area contributed by atoms with E-state index in [1.54, 1.807) is 12.1 Å². The molecule has 2 aromatic rings. The number of hydrogen-bond donors (Lipinski definition) is 2. The van der Waals surface area contributed by atoms with Gasteiger partial charge in [-0.05, 0) is 30.9 Å². The zero-order chi connectivity index (χ0) is 19.9. The number of piperidine rings is 1. The van der Waals surface area contributed by atoms with Crippen molar-refractivity contribution in [2.24, 2.45) is 0 Å². The van der Waals surface area contributed by atoms with Crippen molar-refractivity contribution in [3.05, 3.63) is 64.7 Å². The van der Waals surface area contributed by atoms with E-state index in [1.165, 1.54) is 12.7 Å². The van der Waals surface area contributed by atoms with Crippen LogP contribution in [0.15, 0.2) is 48.5 Å². The fourth-order valence-electron chi connectivity index (χ4n) is 3.42. The third-order valence-electron chi connectivity index (χ3n) is 4.95. The Labute approximate surface area is 183 Å². The highest BCUT2D eigenvalue weighted by atomic mass is 35.5. The molecular weight excluding hydrogens is 409 g/mol. The van der Waals surface area contributed by atoms with E-state index in [0.717, 1.165) is 32.2 Å². The summed E-state index contributed by atoms with van der Waals surface area (Å²) >= 11 is 6.10. The molecule has 1 heterocycles. The molecule has 1 saturated heterocycles. The average molecular weight is 436 g/mol. The number of hydrogen-bond acceptors (Lipinski definition) is 4. The van der Waals surface area contributed by atoms with Crippen LogP contribution in [0.3, 0.4) is 0 Å². The van der Waals surface area contributed by atoms with E-state index in [-0.39, 0.29) is 24.4 Å². The minimum atomic E-state index is -0.238. The number of nitrogen functional groups attached to an aromatic ring is 1. The number of anilines is 1. The van der Waals surface area contributed by atoms with Gasteiger partial charge in [-0.25, -0.2) is 5.01 Å². The second-order valence-corrected chi connectivity index (χ2v) is 7.31. The number of nitrogens with two attached hydrogens (primary N) is 1. The largest absolute Gasteiger partial charge is 0.496 e. The van der Waals surface area contributed by atoms with Gasteiger partial charge in [-0.15, -0.1) is 12.4 Å². The topological polar surface area (TPSA) is 67.6 Å². The van der Waals surface area contributed by atoms with Crippen molar-refractivity contribution in [3.63, 3.8) is 0 Å². The van der Waals surface area contributed by atoms with Crippen LogP contribution in [-0.4, -0.2) is 30.6 Å². The first-order valence-electron chi connectivity index (χ1n) is 9.50. The van der Waals surface area contributed by atoms with E-state index in [4.69, 9.17) is 22.1 Å². The number of halogens is 2. The van der Waals surface area contributed by atoms with Gasteiger partial charge in [0.15, 0.2) is 0 Å². The van der Waals surface area contributed by atoms with Crippen molar-refractivity contribution in [2.75, 3.05) is 19.4 Å². The van der Waals surface area contributed by atoms with E-state index in [0.29, 0.717) is 22.0 Å². The molecular formula is C22H27Cl2N3O2. The summed E-state index contributed by atoms with van der Waals surface area (Å²) in [5.74, 6) is 0.176. The molecule has 0 bridgehead atoms. The molecule has 2 aromatic carbocycles. The van der Waals surface area contributed by atoms with E-state index >= 15 is 0 Å². The molecule has 0 spiro atoms. The number of nitrogens with zero attached hydrogens (tertiary/aromatic N) is 1. The molecule has 3 rings (SSSR count). The molecule has 1 unspecified atom stereocenters. The summed E-state index contributed by atoms with van der Waals surface area (Å²) in [6, 6.07) is 13.6. The lowest BCUT2D eigenvalue weighted by Gasteiger charge is -2.35. The zero-order valence-corrected chi connectivity index (χ0v) is 18.0. The van der Waals surface area contributed by atoms with Gasteiger partial charge in [-0.1, -0.05) is 60.5 Å². The third kappa shape index (κ3) is 6.13. The molecule has 29 heavy (non-hydrogen) atoms. The molecule has 7 heteroatoms. The van der Waals surface area contributed by atoms with Crippen LogP contribution in [0.4, 0.5) is 5.69 Å². The molecule has 3 N–H and O–H groups in total. The number of carbonyl (C=O) groups is 1. The molecule has 1 aliphatic heterocycles. The van der Waals surface area contributed by atoms with Crippen LogP contribution in [0.1, 0.15) is 41.6 Å². The fraction of sp³-hybridized carbons (Fsp3) is 0.318. The highest BCUT2D eigenvalue weighted by molar-refractivity contribution is 6.33. The van der Waals surface area contributed by atoms with Gasteiger partial charge in [0.25, 0.3) is 5.91 Å². The van der Waals surface area contributed by atoms with E-state index < -0.39 is 0 Å². The quantitative estimate of drug-likeness (QED) is 0.629. The molecule has 0 aliphatic carbocycles. The molecule has 0 aromatic heterocycles. The van der Waals surface area contributed by atoms with Gasteiger partial charge in [0.05, 0.1) is 23.4 Å². The number of carbonyl (C=O) groups excluding carboxylic acids is 1.